The van der Waals surface area contributed by atoms with Gasteiger partial charge < -0.3 is 5.32 Å². The maximum absolute atomic E-state index is 12.6. The van der Waals surface area contributed by atoms with Crippen molar-refractivity contribution < 1.29 is 8.42 Å². The minimum absolute atomic E-state index is 0.0141. The number of nitrogens with one attached hydrogen (secondary N) is 2. The Labute approximate surface area is 126 Å². The van der Waals surface area contributed by atoms with Crippen LogP contribution in [0.15, 0.2) is 23.2 Å². The van der Waals surface area contributed by atoms with E-state index in [9.17, 15) is 8.42 Å². The Morgan fingerprint density at radius 3 is 2.95 bits per heavy atom. The lowest BCUT2D eigenvalue weighted by atomic mass is 10.00. The quantitative estimate of drug-likeness (QED) is 0.869. The van der Waals surface area contributed by atoms with Crippen LogP contribution in [0.3, 0.4) is 0 Å². The summed E-state index contributed by atoms with van der Waals surface area (Å²) in [7, 11) is -1.86. The number of sulfonamides is 1. The number of hydrogen-bond donors (Lipinski definition) is 2. The molecule has 116 valence electrons. The fourth-order valence-corrected chi connectivity index (χ4v) is 4.91. The van der Waals surface area contributed by atoms with Gasteiger partial charge in [-0.05, 0) is 37.9 Å². The molecule has 3 heterocycles. The molecule has 2 atom stereocenters. The molecule has 0 aromatic carbocycles. The number of fused-ring (bicyclic) bond motifs is 1. The van der Waals surface area contributed by atoms with Gasteiger partial charge in [0.1, 0.15) is 10.7 Å². The van der Waals surface area contributed by atoms with Crippen molar-refractivity contribution in [3.05, 3.63) is 18.3 Å². The summed E-state index contributed by atoms with van der Waals surface area (Å²) in [5.74, 6) is 0.392. The molecule has 1 aromatic heterocycles. The van der Waals surface area contributed by atoms with E-state index in [4.69, 9.17) is 0 Å². The number of pyridine rings is 1. The van der Waals surface area contributed by atoms with Crippen LogP contribution in [0.1, 0.15) is 25.7 Å². The van der Waals surface area contributed by atoms with Gasteiger partial charge in [0, 0.05) is 31.9 Å². The number of piperidine rings is 1. The van der Waals surface area contributed by atoms with E-state index < -0.39 is 10.0 Å². The average Bonchev–Trinajstić information content (AvgIpc) is 2.90. The molecule has 0 bridgehead atoms. The van der Waals surface area contributed by atoms with Crippen LogP contribution in [-0.2, 0) is 10.0 Å². The third-order valence-electron chi connectivity index (χ3n) is 4.46. The van der Waals surface area contributed by atoms with Crippen LogP contribution >= 0.6 is 0 Å². The van der Waals surface area contributed by atoms with Gasteiger partial charge in [-0.15, -0.1) is 0 Å². The lowest BCUT2D eigenvalue weighted by Crippen LogP contribution is -2.46. The first-order valence-corrected chi connectivity index (χ1v) is 8.99. The van der Waals surface area contributed by atoms with Crippen molar-refractivity contribution >= 4 is 15.8 Å². The van der Waals surface area contributed by atoms with Crippen molar-refractivity contribution in [3.8, 4) is 0 Å². The van der Waals surface area contributed by atoms with E-state index in [-0.39, 0.29) is 10.9 Å². The largest absolute Gasteiger partial charge is 0.372 e. The molecule has 1 aromatic rings. The van der Waals surface area contributed by atoms with Crippen molar-refractivity contribution in [2.75, 3.05) is 25.5 Å². The lowest BCUT2D eigenvalue weighted by Gasteiger charge is -2.32. The highest BCUT2D eigenvalue weighted by molar-refractivity contribution is 7.89. The minimum atomic E-state index is -3.54. The predicted molar refractivity (Wildman–Crippen MR) is 81.7 cm³/mol. The Kier molecular flexibility index (Phi) is 4.14. The first-order valence-electron chi connectivity index (χ1n) is 7.51. The highest BCUT2D eigenvalue weighted by Gasteiger charge is 2.38. The molecule has 7 heteroatoms. The van der Waals surface area contributed by atoms with Crippen LogP contribution in [0.2, 0.25) is 0 Å². The zero-order valence-electron chi connectivity index (χ0n) is 12.2. The summed E-state index contributed by atoms with van der Waals surface area (Å²) in [6.45, 7) is 2.08. The van der Waals surface area contributed by atoms with Crippen LogP contribution in [0.25, 0.3) is 0 Å². The van der Waals surface area contributed by atoms with Crippen molar-refractivity contribution in [1.82, 2.24) is 14.6 Å². The molecule has 2 aliphatic heterocycles. The lowest BCUT2D eigenvalue weighted by molar-refractivity contribution is 0.186. The molecule has 2 fully saturated rings. The molecule has 0 radical (unpaired) electrons. The van der Waals surface area contributed by atoms with Crippen molar-refractivity contribution in [3.63, 3.8) is 0 Å². The number of aromatic nitrogens is 1. The Morgan fingerprint density at radius 1 is 1.29 bits per heavy atom. The molecule has 3 rings (SSSR count). The van der Waals surface area contributed by atoms with E-state index in [1.165, 1.54) is 12.8 Å². The van der Waals surface area contributed by atoms with Gasteiger partial charge in [-0.1, -0.05) is 6.42 Å². The standard InChI is InChI=1S/C14H22N4O2S/c1-15-14-13(6-4-8-16-14)21(19,20)17-11-7-10-18-9-3-2-5-12(11)18/h4,6,8,11-12,17H,2-3,5,7,9-10H2,1H3,(H,15,16). The smallest absolute Gasteiger partial charge is 0.244 e. The molecule has 0 aliphatic carbocycles. The van der Waals surface area contributed by atoms with E-state index in [2.05, 4.69) is 19.9 Å². The summed E-state index contributed by atoms with van der Waals surface area (Å²) in [6.07, 6.45) is 5.97. The molecule has 0 amide bonds. The molecule has 2 N–H and O–H groups in total. The van der Waals surface area contributed by atoms with Crippen LogP contribution in [-0.4, -0.2) is 50.5 Å². The maximum Gasteiger partial charge on any atom is 0.244 e. The van der Waals surface area contributed by atoms with Gasteiger partial charge in [-0.25, -0.2) is 18.1 Å². The summed E-state index contributed by atoms with van der Waals surface area (Å²) in [5.41, 5.74) is 0. The molecule has 6 nitrogen and oxygen atoms in total. The highest BCUT2D eigenvalue weighted by Crippen LogP contribution is 2.28. The fraction of sp³-hybridized carbons (Fsp3) is 0.643. The van der Waals surface area contributed by atoms with E-state index in [1.54, 1.807) is 25.4 Å². The minimum Gasteiger partial charge on any atom is -0.372 e. The Balaban J connectivity index is 1.80. The molecule has 0 saturated carbocycles. The summed E-state index contributed by atoms with van der Waals surface area (Å²) < 4.78 is 28.2. The average molecular weight is 310 g/mol. The van der Waals surface area contributed by atoms with Gasteiger partial charge in [0.25, 0.3) is 0 Å². The molecule has 2 unspecified atom stereocenters. The second-order valence-corrected chi connectivity index (χ2v) is 7.40. The predicted octanol–water partition coefficient (Wildman–Crippen LogP) is 1.03. The normalized spacial score (nSPS) is 26.5. The van der Waals surface area contributed by atoms with Crippen molar-refractivity contribution in [1.29, 1.82) is 0 Å². The number of rotatable bonds is 4. The van der Waals surface area contributed by atoms with Crippen molar-refractivity contribution in [2.24, 2.45) is 0 Å². The van der Waals surface area contributed by atoms with E-state index in [0.29, 0.717) is 11.9 Å². The van der Waals surface area contributed by atoms with Crippen LogP contribution in [0.4, 0.5) is 5.82 Å². The highest BCUT2D eigenvalue weighted by atomic mass is 32.2. The van der Waals surface area contributed by atoms with E-state index >= 15 is 0 Å². The molecule has 2 aliphatic rings. The van der Waals surface area contributed by atoms with Gasteiger partial charge in [-0.2, -0.15) is 0 Å². The fourth-order valence-electron chi connectivity index (χ4n) is 3.44. The monoisotopic (exact) mass is 310 g/mol. The molecule has 0 spiro atoms. The summed E-state index contributed by atoms with van der Waals surface area (Å²) >= 11 is 0. The zero-order valence-corrected chi connectivity index (χ0v) is 13.1. The maximum atomic E-state index is 12.6. The Morgan fingerprint density at radius 2 is 2.14 bits per heavy atom. The number of hydrogen-bond acceptors (Lipinski definition) is 5. The molecule has 21 heavy (non-hydrogen) atoms. The van der Waals surface area contributed by atoms with Gasteiger partial charge >= 0.3 is 0 Å². The van der Waals surface area contributed by atoms with Gasteiger partial charge in [0.15, 0.2) is 0 Å². The number of nitrogens with zero attached hydrogens (tertiary/aromatic N) is 2. The topological polar surface area (TPSA) is 74.3 Å². The van der Waals surface area contributed by atoms with E-state index in [1.807, 2.05) is 0 Å². The Bertz CT molecular complexity index is 605. The summed E-state index contributed by atoms with van der Waals surface area (Å²) in [5, 5.41) is 2.84. The van der Waals surface area contributed by atoms with Crippen molar-refractivity contribution in [2.45, 2.75) is 42.7 Å². The molecule has 2 saturated heterocycles. The second-order valence-electron chi connectivity index (χ2n) is 5.72. The van der Waals surface area contributed by atoms with Gasteiger partial charge in [0.05, 0.1) is 0 Å². The summed E-state index contributed by atoms with van der Waals surface area (Å²) in [6, 6.07) is 3.61. The van der Waals surface area contributed by atoms with Crippen LogP contribution < -0.4 is 10.0 Å². The zero-order chi connectivity index (χ0) is 14.9. The van der Waals surface area contributed by atoms with Gasteiger partial charge in [-0.3, -0.25) is 4.90 Å². The summed E-state index contributed by atoms with van der Waals surface area (Å²) in [4.78, 5) is 6.72. The van der Waals surface area contributed by atoms with Crippen LogP contribution in [0, 0.1) is 0 Å². The Hall–Kier alpha value is -1.18. The third kappa shape index (κ3) is 2.90. The van der Waals surface area contributed by atoms with Crippen LogP contribution in [0.5, 0.6) is 0 Å². The van der Waals surface area contributed by atoms with E-state index in [0.717, 1.165) is 25.9 Å². The number of anilines is 1. The van der Waals surface area contributed by atoms with Gasteiger partial charge in [0.2, 0.25) is 10.0 Å². The second kappa shape index (κ2) is 5.90. The first-order chi connectivity index (χ1) is 10.1. The third-order valence-corrected chi connectivity index (χ3v) is 5.98. The molecular weight excluding hydrogens is 288 g/mol. The first kappa shape index (κ1) is 14.7. The SMILES string of the molecule is CNc1ncccc1S(=O)(=O)NC1CCN2CCCCC12. The molecular formula is C14H22N4O2S.